The van der Waals surface area contributed by atoms with Gasteiger partial charge in [-0.1, -0.05) is 30.3 Å². The smallest absolute Gasteiger partial charge is 0.228 e. The Bertz CT molecular complexity index is 1250. The molecule has 1 saturated carbocycles. The van der Waals surface area contributed by atoms with E-state index in [9.17, 15) is 13.2 Å². The summed E-state index contributed by atoms with van der Waals surface area (Å²) in [4.78, 5) is 4.70. The second-order valence-corrected chi connectivity index (χ2v) is 7.96. The molecule has 0 aliphatic heterocycles. The van der Waals surface area contributed by atoms with Crippen LogP contribution in [-0.4, -0.2) is 14.8 Å². The Labute approximate surface area is 172 Å². The van der Waals surface area contributed by atoms with Gasteiger partial charge in [-0.05, 0) is 62.1 Å². The Hall–Kier alpha value is -3.15. The van der Waals surface area contributed by atoms with Crippen molar-refractivity contribution in [3.05, 3.63) is 77.0 Å². The van der Waals surface area contributed by atoms with Gasteiger partial charge in [-0.3, -0.25) is 0 Å². The molecule has 0 radical (unpaired) electrons. The van der Waals surface area contributed by atoms with E-state index >= 15 is 0 Å². The van der Waals surface area contributed by atoms with Crippen LogP contribution in [0.5, 0.6) is 0 Å². The normalized spacial score (nSPS) is 14.4. The molecule has 2 aromatic carbocycles. The van der Waals surface area contributed by atoms with Crippen molar-refractivity contribution >= 4 is 11.0 Å². The predicted molar refractivity (Wildman–Crippen MR) is 111 cm³/mol. The third kappa shape index (κ3) is 3.16. The van der Waals surface area contributed by atoms with Gasteiger partial charge in [-0.25, -0.2) is 9.67 Å². The molecule has 2 heterocycles. The number of benzene rings is 2. The standard InChI is InChI=1S/C24H20F3N3/c1-14-8-9-17(12-15(14)2)20-13-19(24(25,26)27)21-22(16-10-11-16)29-30(23(21)28-20)18-6-4-3-5-7-18/h3-9,12-13,16H,10-11H2,1-2H3. The molecule has 4 aromatic rings. The molecule has 0 bridgehead atoms. The van der Waals surface area contributed by atoms with E-state index in [4.69, 9.17) is 4.98 Å². The molecule has 0 unspecified atom stereocenters. The van der Waals surface area contributed by atoms with Crippen LogP contribution in [-0.2, 0) is 6.18 Å². The summed E-state index contributed by atoms with van der Waals surface area (Å²) in [7, 11) is 0. The first kappa shape index (κ1) is 18.9. The highest BCUT2D eigenvalue weighted by Crippen LogP contribution is 2.47. The van der Waals surface area contributed by atoms with E-state index in [1.54, 1.807) is 4.68 Å². The van der Waals surface area contributed by atoms with Crippen LogP contribution < -0.4 is 0 Å². The Morgan fingerprint density at radius 2 is 1.67 bits per heavy atom. The van der Waals surface area contributed by atoms with E-state index in [1.807, 2.05) is 62.4 Å². The molecule has 5 rings (SSSR count). The first-order valence-corrected chi connectivity index (χ1v) is 9.97. The fourth-order valence-electron chi connectivity index (χ4n) is 3.81. The van der Waals surface area contributed by atoms with Crippen molar-refractivity contribution in [3.8, 4) is 16.9 Å². The maximum atomic E-state index is 14.2. The molecule has 0 saturated heterocycles. The summed E-state index contributed by atoms with van der Waals surface area (Å²) in [5.41, 5.74) is 3.86. The van der Waals surface area contributed by atoms with E-state index in [1.165, 1.54) is 6.07 Å². The highest BCUT2D eigenvalue weighted by atomic mass is 19.4. The number of para-hydroxylation sites is 1. The maximum Gasteiger partial charge on any atom is 0.417 e. The molecule has 0 N–H and O–H groups in total. The van der Waals surface area contributed by atoms with Gasteiger partial charge in [0.25, 0.3) is 0 Å². The van der Waals surface area contributed by atoms with E-state index in [0.717, 1.165) is 24.0 Å². The van der Waals surface area contributed by atoms with Crippen LogP contribution in [0.2, 0.25) is 0 Å². The minimum Gasteiger partial charge on any atom is -0.228 e. The van der Waals surface area contributed by atoms with Crippen LogP contribution in [0.1, 0.15) is 41.1 Å². The number of hydrogen-bond donors (Lipinski definition) is 0. The van der Waals surface area contributed by atoms with E-state index in [2.05, 4.69) is 5.10 Å². The van der Waals surface area contributed by atoms with Gasteiger partial charge in [-0.2, -0.15) is 18.3 Å². The summed E-state index contributed by atoms with van der Waals surface area (Å²) in [6.07, 6.45) is -2.78. The first-order chi connectivity index (χ1) is 14.3. The second kappa shape index (κ2) is 6.69. The molecule has 1 aliphatic carbocycles. The number of aryl methyl sites for hydroxylation is 2. The summed E-state index contributed by atoms with van der Waals surface area (Å²) in [5.74, 6) is 0.0628. The zero-order valence-electron chi connectivity index (χ0n) is 16.7. The third-order valence-electron chi connectivity index (χ3n) is 5.74. The highest BCUT2D eigenvalue weighted by molar-refractivity contribution is 5.88. The van der Waals surface area contributed by atoms with Gasteiger partial charge in [-0.15, -0.1) is 0 Å². The number of halogens is 3. The molecular weight excluding hydrogens is 387 g/mol. The summed E-state index contributed by atoms with van der Waals surface area (Å²) in [6, 6.07) is 16.0. The number of pyridine rings is 1. The Morgan fingerprint density at radius 1 is 0.933 bits per heavy atom. The molecule has 1 fully saturated rings. The van der Waals surface area contributed by atoms with Crippen molar-refractivity contribution in [2.45, 2.75) is 38.8 Å². The molecule has 152 valence electrons. The van der Waals surface area contributed by atoms with Gasteiger partial charge in [0.05, 0.1) is 28.0 Å². The SMILES string of the molecule is Cc1ccc(-c2cc(C(F)(F)F)c3c(C4CC4)nn(-c4ccccc4)c3n2)cc1C. The lowest BCUT2D eigenvalue weighted by molar-refractivity contribution is -0.136. The summed E-state index contributed by atoms with van der Waals surface area (Å²) >= 11 is 0. The highest BCUT2D eigenvalue weighted by Gasteiger charge is 2.39. The van der Waals surface area contributed by atoms with Crippen LogP contribution in [0.25, 0.3) is 28.0 Å². The van der Waals surface area contributed by atoms with Crippen LogP contribution in [0.4, 0.5) is 13.2 Å². The Balaban J connectivity index is 1.85. The lowest BCUT2D eigenvalue weighted by atomic mass is 10.0. The Kier molecular flexibility index (Phi) is 4.20. The zero-order valence-corrected chi connectivity index (χ0v) is 16.7. The lowest BCUT2D eigenvalue weighted by Crippen LogP contribution is -2.08. The quantitative estimate of drug-likeness (QED) is 0.383. The van der Waals surface area contributed by atoms with Crippen molar-refractivity contribution < 1.29 is 13.2 Å². The minimum atomic E-state index is -4.50. The van der Waals surface area contributed by atoms with Crippen molar-refractivity contribution in [1.82, 2.24) is 14.8 Å². The zero-order chi connectivity index (χ0) is 21.0. The van der Waals surface area contributed by atoms with Crippen LogP contribution in [0.15, 0.2) is 54.6 Å². The monoisotopic (exact) mass is 407 g/mol. The second-order valence-electron chi connectivity index (χ2n) is 7.96. The van der Waals surface area contributed by atoms with E-state index in [0.29, 0.717) is 22.6 Å². The van der Waals surface area contributed by atoms with Gasteiger partial charge in [0, 0.05) is 11.5 Å². The van der Waals surface area contributed by atoms with Gasteiger partial charge in [0.2, 0.25) is 0 Å². The molecule has 6 heteroatoms. The number of fused-ring (bicyclic) bond motifs is 1. The Morgan fingerprint density at radius 3 is 2.30 bits per heavy atom. The van der Waals surface area contributed by atoms with Crippen molar-refractivity contribution in [3.63, 3.8) is 0 Å². The van der Waals surface area contributed by atoms with Gasteiger partial charge >= 0.3 is 6.18 Å². The first-order valence-electron chi connectivity index (χ1n) is 9.97. The summed E-state index contributed by atoms with van der Waals surface area (Å²) < 4.78 is 44.1. The van der Waals surface area contributed by atoms with Crippen LogP contribution >= 0.6 is 0 Å². The molecule has 0 atom stereocenters. The number of alkyl halides is 3. The average molecular weight is 407 g/mol. The van der Waals surface area contributed by atoms with Crippen molar-refractivity contribution in [1.29, 1.82) is 0 Å². The van der Waals surface area contributed by atoms with Crippen molar-refractivity contribution in [2.24, 2.45) is 0 Å². The fraction of sp³-hybridized carbons (Fsp3) is 0.250. The molecule has 1 aliphatic rings. The number of nitrogens with zero attached hydrogens (tertiary/aromatic N) is 3. The van der Waals surface area contributed by atoms with E-state index in [-0.39, 0.29) is 17.0 Å². The minimum absolute atomic E-state index is 0.0628. The van der Waals surface area contributed by atoms with Gasteiger partial charge in [0.15, 0.2) is 5.65 Å². The van der Waals surface area contributed by atoms with Crippen molar-refractivity contribution in [2.75, 3.05) is 0 Å². The van der Waals surface area contributed by atoms with Gasteiger partial charge < -0.3 is 0 Å². The topological polar surface area (TPSA) is 30.7 Å². The predicted octanol–water partition coefficient (Wildman–Crippen LogP) is 6.60. The number of hydrogen-bond acceptors (Lipinski definition) is 2. The molecule has 2 aromatic heterocycles. The van der Waals surface area contributed by atoms with E-state index < -0.39 is 11.7 Å². The number of rotatable bonds is 3. The van der Waals surface area contributed by atoms with Crippen LogP contribution in [0.3, 0.4) is 0 Å². The van der Waals surface area contributed by atoms with Gasteiger partial charge in [0.1, 0.15) is 0 Å². The van der Waals surface area contributed by atoms with Crippen LogP contribution in [0, 0.1) is 13.8 Å². The lowest BCUT2D eigenvalue weighted by Gasteiger charge is -2.13. The maximum absolute atomic E-state index is 14.2. The average Bonchev–Trinajstić information content (AvgIpc) is 3.49. The fourth-order valence-corrected chi connectivity index (χ4v) is 3.81. The summed E-state index contributed by atoms with van der Waals surface area (Å²) in [6.45, 7) is 3.92. The molecular formula is C24H20F3N3. The third-order valence-corrected chi connectivity index (χ3v) is 5.74. The summed E-state index contributed by atoms with van der Waals surface area (Å²) in [5, 5.41) is 4.74. The largest absolute Gasteiger partial charge is 0.417 e. The molecule has 3 nitrogen and oxygen atoms in total. The number of aromatic nitrogens is 3. The molecule has 0 amide bonds. The molecule has 30 heavy (non-hydrogen) atoms. The molecule has 0 spiro atoms.